The molecule has 0 radical (unpaired) electrons. The van der Waals surface area contributed by atoms with Crippen LogP contribution in [0.3, 0.4) is 0 Å². The van der Waals surface area contributed by atoms with Crippen LogP contribution in [-0.4, -0.2) is 40.8 Å². The number of phenols is 3. The van der Waals surface area contributed by atoms with Gasteiger partial charge in [0.15, 0.2) is 17.3 Å². The van der Waals surface area contributed by atoms with E-state index in [1.165, 1.54) is 7.11 Å². The first-order chi connectivity index (χ1) is 11.2. The molecule has 3 atom stereocenters. The first-order valence-electron chi connectivity index (χ1n) is 7.49. The molecular weight excluding hydrogens is 316 g/mol. The van der Waals surface area contributed by atoms with Gasteiger partial charge in [-0.2, -0.15) is 0 Å². The molecule has 0 bridgehead atoms. The standard InChI is InChI=1S/C16H20N2O6/c1-6-5-18-10-9(13(21)12(20)7(2)11(10)19)14(24-15(17)22)16(18,23-4)8(6)3/h6,8,19-21H,2,5H2,1,3-4H3,(H2,17,22)/t6-,8-,16-/m0/s1. The Morgan fingerprint density at radius 3 is 2.46 bits per heavy atom. The van der Waals surface area contributed by atoms with E-state index in [0.29, 0.717) is 6.54 Å². The molecule has 8 nitrogen and oxygen atoms in total. The predicted octanol–water partition coefficient (Wildman–Crippen LogP) is -0.134. The van der Waals surface area contributed by atoms with E-state index in [2.05, 4.69) is 6.58 Å². The Bertz CT molecular complexity index is 851. The van der Waals surface area contributed by atoms with Crippen molar-refractivity contribution in [2.45, 2.75) is 19.6 Å². The Hall–Kier alpha value is -2.61. The molecule has 1 aromatic carbocycles. The number of benzene rings is 1. The Kier molecular flexibility index (Phi) is 3.35. The minimum absolute atomic E-state index is 0.0169. The highest BCUT2D eigenvalue weighted by Gasteiger charge is 2.60. The number of aromatic hydroxyl groups is 3. The third-order valence-corrected chi connectivity index (χ3v) is 5.17. The number of carbonyl (C=O) groups excluding carboxylic acids is 1. The smallest absolute Gasteiger partial charge is 0.409 e. The lowest BCUT2D eigenvalue weighted by molar-refractivity contribution is -0.00769. The molecule has 0 spiro atoms. The summed E-state index contributed by atoms with van der Waals surface area (Å²) in [5, 5.41) is 30.8. The number of anilines is 1. The van der Waals surface area contributed by atoms with Crippen molar-refractivity contribution >= 4 is 24.1 Å². The Morgan fingerprint density at radius 2 is 1.92 bits per heavy atom. The number of nitrogens with two attached hydrogens (primary N) is 1. The van der Waals surface area contributed by atoms with Crippen LogP contribution < -0.4 is 21.1 Å². The van der Waals surface area contributed by atoms with Crippen LogP contribution in [0.5, 0.6) is 17.2 Å². The van der Waals surface area contributed by atoms with Crippen LogP contribution >= 0.6 is 0 Å². The maximum atomic E-state index is 11.4. The number of amides is 1. The summed E-state index contributed by atoms with van der Waals surface area (Å²) in [5.74, 6) is -1.52. The summed E-state index contributed by atoms with van der Waals surface area (Å²) in [6.45, 7) is 7.95. The lowest BCUT2D eigenvalue weighted by Gasteiger charge is -2.37. The summed E-state index contributed by atoms with van der Waals surface area (Å²) in [6, 6.07) is 0. The lowest BCUT2D eigenvalue weighted by atomic mass is 9.89. The molecule has 5 N–H and O–H groups in total. The summed E-state index contributed by atoms with van der Waals surface area (Å²) in [4.78, 5) is 13.1. The fourth-order valence-corrected chi connectivity index (χ4v) is 3.82. The van der Waals surface area contributed by atoms with E-state index in [1.807, 2.05) is 13.8 Å². The van der Waals surface area contributed by atoms with Crippen LogP contribution in [0.2, 0.25) is 0 Å². The number of nitrogens with zero attached hydrogens (tertiary/aromatic N) is 1. The van der Waals surface area contributed by atoms with E-state index in [-0.39, 0.29) is 39.5 Å². The molecule has 3 rings (SSSR count). The van der Waals surface area contributed by atoms with Crippen LogP contribution in [-0.2, 0) is 9.47 Å². The quantitative estimate of drug-likeness (QED) is 0.438. The topological polar surface area (TPSA) is 125 Å². The van der Waals surface area contributed by atoms with E-state index >= 15 is 0 Å². The van der Waals surface area contributed by atoms with Gasteiger partial charge >= 0.3 is 6.09 Å². The number of hydrogen-bond donors (Lipinski definition) is 4. The maximum Gasteiger partial charge on any atom is 0.409 e. The van der Waals surface area contributed by atoms with Crippen molar-refractivity contribution in [2.75, 3.05) is 18.6 Å². The van der Waals surface area contributed by atoms with Gasteiger partial charge in [0.2, 0.25) is 5.72 Å². The molecule has 0 aromatic heterocycles. The Balaban J connectivity index is 2.48. The number of phenolic OH excluding ortho intramolecular Hbond substituents is 3. The molecule has 0 unspecified atom stereocenters. The van der Waals surface area contributed by atoms with Crippen LogP contribution in [0.15, 0.2) is 0 Å². The van der Waals surface area contributed by atoms with Crippen molar-refractivity contribution in [1.29, 1.82) is 0 Å². The van der Waals surface area contributed by atoms with Gasteiger partial charge in [-0.05, 0) is 5.92 Å². The maximum absolute atomic E-state index is 11.4. The fraction of sp³-hybridized carbons (Fsp3) is 0.438. The van der Waals surface area contributed by atoms with Crippen molar-refractivity contribution in [3.63, 3.8) is 0 Å². The molecule has 24 heavy (non-hydrogen) atoms. The molecule has 8 heteroatoms. The van der Waals surface area contributed by atoms with Crippen molar-refractivity contribution < 1.29 is 29.6 Å². The predicted molar refractivity (Wildman–Crippen MR) is 85.7 cm³/mol. The highest BCUT2D eigenvalue weighted by atomic mass is 16.6. The van der Waals surface area contributed by atoms with Crippen molar-refractivity contribution in [1.82, 2.24) is 0 Å². The molecule has 0 saturated carbocycles. The second-order valence-corrected chi connectivity index (χ2v) is 6.28. The number of ether oxygens (including phenoxy) is 2. The minimum Gasteiger partial charge on any atom is -0.505 e. The molecule has 0 aliphatic carbocycles. The van der Waals surface area contributed by atoms with Gasteiger partial charge < -0.3 is 35.4 Å². The average Bonchev–Trinajstić information content (AvgIpc) is 2.94. The number of carbonyl (C=O) groups is 1. The van der Waals surface area contributed by atoms with Crippen LogP contribution in [0.25, 0.3) is 12.3 Å². The van der Waals surface area contributed by atoms with Gasteiger partial charge in [-0.3, -0.25) is 0 Å². The van der Waals surface area contributed by atoms with Gasteiger partial charge in [-0.15, -0.1) is 0 Å². The van der Waals surface area contributed by atoms with E-state index < -0.39 is 23.3 Å². The molecule has 1 aromatic rings. The summed E-state index contributed by atoms with van der Waals surface area (Å²) in [5.41, 5.74) is 4.16. The summed E-state index contributed by atoms with van der Waals surface area (Å²) < 4.78 is 10.9. The monoisotopic (exact) mass is 336 g/mol. The second-order valence-electron chi connectivity index (χ2n) is 6.28. The lowest BCUT2D eigenvalue weighted by Crippen LogP contribution is -2.49. The number of fused-ring (bicyclic) bond motifs is 3. The van der Waals surface area contributed by atoms with Gasteiger partial charge in [-0.1, -0.05) is 20.4 Å². The molecule has 2 heterocycles. The third-order valence-electron chi connectivity index (χ3n) is 5.17. The highest BCUT2D eigenvalue weighted by molar-refractivity contribution is 5.85. The summed E-state index contributed by atoms with van der Waals surface area (Å²) in [7, 11) is 1.44. The largest absolute Gasteiger partial charge is 0.505 e. The molecular formula is C16H20N2O6. The first-order valence-corrected chi connectivity index (χ1v) is 7.49. The summed E-state index contributed by atoms with van der Waals surface area (Å²) in [6.07, 6.45) is -1.09. The van der Waals surface area contributed by atoms with E-state index in [0.717, 1.165) is 0 Å². The van der Waals surface area contributed by atoms with Gasteiger partial charge in [0.1, 0.15) is 5.75 Å². The third kappa shape index (κ3) is 1.68. The number of methoxy groups -OCH3 is 1. The van der Waals surface area contributed by atoms with Crippen molar-refractivity contribution in [3.05, 3.63) is 10.4 Å². The number of hydrogen-bond acceptors (Lipinski definition) is 7. The number of primary amides is 1. The Labute approximate surface area is 138 Å². The number of rotatable bonds is 2. The van der Waals surface area contributed by atoms with Gasteiger partial charge in [0, 0.05) is 19.6 Å². The van der Waals surface area contributed by atoms with E-state index in [9.17, 15) is 20.1 Å². The highest BCUT2D eigenvalue weighted by Crippen LogP contribution is 2.52. The molecule has 2 aliphatic heterocycles. The van der Waals surface area contributed by atoms with Crippen LogP contribution in [0, 0.1) is 11.8 Å². The molecule has 1 fully saturated rings. The zero-order chi connectivity index (χ0) is 18.0. The molecule has 2 aliphatic rings. The first kappa shape index (κ1) is 16.3. The van der Waals surface area contributed by atoms with Crippen LogP contribution in [0.1, 0.15) is 13.8 Å². The second kappa shape index (κ2) is 4.94. The summed E-state index contributed by atoms with van der Waals surface area (Å²) >= 11 is 0. The molecule has 1 saturated heterocycles. The normalized spacial score (nSPS) is 28.0. The molecule has 1 amide bonds. The minimum atomic E-state index is -1.23. The van der Waals surface area contributed by atoms with E-state index in [1.54, 1.807) is 4.90 Å². The fourth-order valence-electron chi connectivity index (χ4n) is 3.82. The average molecular weight is 336 g/mol. The Morgan fingerprint density at radius 1 is 1.29 bits per heavy atom. The van der Waals surface area contributed by atoms with Crippen LogP contribution in [0.4, 0.5) is 10.5 Å². The zero-order valence-electron chi connectivity index (χ0n) is 13.7. The molecule has 130 valence electrons. The van der Waals surface area contributed by atoms with Gasteiger partial charge in [-0.25, -0.2) is 4.79 Å². The van der Waals surface area contributed by atoms with Crippen molar-refractivity contribution in [2.24, 2.45) is 17.6 Å². The van der Waals surface area contributed by atoms with E-state index in [4.69, 9.17) is 15.2 Å². The van der Waals surface area contributed by atoms with Crippen molar-refractivity contribution in [3.8, 4) is 17.2 Å². The van der Waals surface area contributed by atoms with Gasteiger partial charge in [0.05, 0.1) is 16.1 Å². The van der Waals surface area contributed by atoms with Gasteiger partial charge in [0.25, 0.3) is 0 Å². The zero-order valence-corrected chi connectivity index (χ0v) is 13.7. The SMILES string of the molecule is C=c1c(O)c(O)c2c(c1O)N1C[C@H](C)[C@H](C)[C@]1(OC)C=2OC(N)=O.